The molecule has 2 rings (SSSR count). The van der Waals surface area contributed by atoms with Crippen molar-refractivity contribution in [3.05, 3.63) is 52.5 Å². The van der Waals surface area contributed by atoms with E-state index in [1.165, 1.54) is 20.3 Å². The fraction of sp³-hybridized carbons (Fsp3) is 0.348. The van der Waals surface area contributed by atoms with Crippen LogP contribution in [0.25, 0.3) is 0 Å². The van der Waals surface area contributed by atoms with E-state index in [4.69, 9.17) is 21.1 Å². The zero-order chi connectivity index (χ0) is 23.7. The summed E-state index contributed by atoms with van der Waals surface area (Å²) < 4.78 is 15.5. The normalized spacial score (nSPS) is 10.4. The van der Waals surface area contributed by atoms with Crippen LogP contribution < -0.4 is 20.1 Å². The number of esters is 1. The van der Waals surface area contributed by atoms with Crippen LogP contribution in [0.3, 0.4) is 0 Å². The topological polar surface area (TPSA) is 103 Å². The van der Waals surface area contributed by atoms with E-state index in [9.17, 15) is 14.4 Å². The van der Waals surface area contributed by atoms with Gasteiger partial charge in [0.15, 0.2) is 11.5 Å². The minimum absolute atomic E-state index is 0.0931. The Morgan fingerprint density at radius 3 is 2.34 bits per heavy atom. The van der Waals surface area contributed by atoms with Gasteiger partial charge >= 0.3 is 5.97 Å². The Labute approximate surface area is 192 Å². The summed E-state index contributed by atoms with van der Waals surface area (Å²) in [5, 5.41) is 5.53. The minimum atomic E-state index is -0.521. The van der Waals surface area contributed by atoms with Crippen molar-refractivity contribution in [2.75, 3.05) is 32.7 Å². The van der Waals surface area contributed by atoms with Crippen LogP contribution in [0.15, 0.2) is 36.4 Å². The maximum absolute atomic E-state index is 12.7. The zero-order valence-electron chi connectivity index (χ0n) is 18.5. The van der Waals surface area contributed by atoms with Crippen molar-refractivity contribution in [1.29, 1.82) is 0 Å². The number of methoxy groups -OCH3 is 2. The summed E-state index contributed by atoms with van der Waals surface area (Å²) in [5.74, 6) is -0.128. The number of anilines is 1. The minimum Gasteiger partial charge on any atom is -0.493 e. The number of rotatable bonds is 10. The molecule has 8 nitrogen and oxygen atoms in total. The lowest BCUT2D eigenvalue weighted by atomic mass is 10.1. The summed E-state index contributed by atoms with van der Waals surface area (Å²) >= 11 is 6.32. The van der Waals surface area contributed by atoms with Gasteiger partial charge in [0.25, 0.3) is 5.91 Å². The molecule has 0 saturated carbocycles. The average molecular weight is 463 g/mol. The largest absolute Gasteiger partial charge is 0.493 e. The Kier molecular flexibility index (Phi) is 9.34. The number of nitrogens with one attached hydrogen (secondary N) is 2. The molecule has 2 aromatic rings. The van der Waals surface area contributed by atoms with Gasteiger partial charge in [-0.15, -0.1) is 0 Å². The van der Waals surface area contributed by atoms with E-state index < -0.39 is 5.97 Å². The maximum Gasteiger partial charge on any atom is 0.325 e. The molecule has 0 atom stereocenters. The van der Waals surface area contributed by atoms with Gasteiger partial charge < -0.3 is 24.8 Å². The van der Waals surface area contributed by atoms with Crippen LogP contribution >= 0.6 is 11.6 Å². The predicted octanol–water partition coefficient (Wildman–Crippen LogP) is 3.47. The van der Waals surface area contributed by atoms with E-state index in [-0.39, 0.29) is 29.8 Å². The standard InChI is InChI=1S/C23H27ClN2O6/c1-14(2)13-32-22-18(24)10-16(11-19(22)30-3)23(29)26-17-7-5-15(6-8-17)9-20(27)25-12-21(28)31-4/h5-8,10-11,14H,9,12-13H2,1-4H3,(H,25,27)(H,26,29). The second-order valence-corrected chi connectivity index (χ2v) is 7.78. The van der Waals surface area contributed by atoms with Gasteiger partial charge in [-0.05, 0) is 35.7 Å². The molecule has 0 aromatic heterocycles. The van der Waals surface area contributed by atoms with Gasteiger partial charge in [-0.3, -0.25) is 14.4 Å². The second-order valence-electron chi connectivity index (χ2n) is 7.37. The van der Waals surface area contributed by atoms with E-state index in [1.54, 1.807) is 30.3 Å². The van der Waals surface area contributed by atoms with Crippen molar-refractivity contribution >= 4 is 35.1 Å². The predicted molar refractivity (Wildman–Crippen MR) is 121 cm³/mol. The Hall–Kier alpha value is -3.26. The maximum atomic E-state index is 12.7. The van der Waals surface area contributed by atoms with E-state index in [1.807, 2.05) is 13.8 Å². The molecule has 2 amide bonds. The Morgan fingerprint density at radius 1 is 1.06 bits per heavy atom. The third-order valence-corrected chi connectivity index (χ3v) is 4.57. The van der Waals surface area contributed by atoms with E-state index in [2.05, 4.69) is 15.4 Å². The molecular formula is C23H27ClN2O6. The van der Waals surface area contributed by atoms with E-state index in [0.717, 1.165) is 5.56 Å². The fourth-order valence-electron chi connectivity index (χ4n) is 2.64. The van der Waals surface area contributed by atoms with Crippen LogP contribution in [0.5, 0.6) is 11.5 Å². The number of hydrogen-bond donors (Lipinski definition) is 2. The van der Waals surface area contributed by atoms with Gasteiger partial charge in [0, 0.05) is 11.3 Å². The lowest BCUT2D eigenvalue weighted by Gasteiger charge is -2.15. The molecule has 0 bridgehead atoms. The van der Waals surface area contributed by atoms with E-state index >= 15 is 0 Å². The number of hydrogen-bond acceptors (Lipinski definition) is 6. The van der Waals surface area contributed by atoms with Crippen LogP contribution in [-0.4, -0.2) is 45.2 Å². The molecule has 0 spiro atoms. The van der Waals surface area contributed by atoms with Crippen LogP contribution in [-0.2, 0) is 20.7 Å². The molecule has 0 saturated heterocycles. The van der Waals surface area contributed by atoms with Gasteiger partial charge in [0.1, 0.15) is 6.54 Å². The molecule has 172 valence electrons. The number of carbonyl (C=O) groups is 3. The highest BCUT2D eigenvalue weighted by Gasteiger charge is 2.17. The van der Waals surface area contributed by atoms with Crippen LogP contribution in [0.2, 0.25) is 5.02 Å². The lowest BCUT2D eigenvalue weighted by molar-refractivity contribution is -0.141. The second kappa shape index (κ2) is 12.0. The van der Waals surface area contributed by atoms with Gasteiger partial charge in [-0.25, -0.2) is 0 Å². The monoisotopic (exact) mass is 462 g/mol. The summed E-state index contributed by atoms with van der Waals surface area (Å²) in [6.07, 6.45) is 0.0931. The molecule has 0 aliphatic carbocycles. The fourth-order valence-corrected chi connectivity index (χ4v) is 2.91. The molecule has 2 aromatic carbocycles. The number of amides is 2. The van der Waals surface area contributed by atoms with Gasteiger partial charge in [0.2, 0.25) is 5.91 Å². The zero-order valence-corrected chi connectivity index (χ0v) is 19.2. The molecule has 2 N–H and O–H groups in total. The Balaban J connectivity index is 2.02. The van der Waals surface area contributed by atoms with Crippen molar-refractivity contribution in [3.63, 3.8) is 0 Å². The summed E-state index contributed by atoms with van der Waals surface area (Å²) in [6.45, 7) is 4.32. The Morgan fingerprint density at radius 2 is 1.75 bits per heavy atom. The first-order valence-corrected chi connectivity index (χ1v) is 10.4. The van der Waals surface area contributed by atoms with Crippen LogP contribution in [0.1, 0.15) is 29.8 Å². The number of benzene rings is 2. The first-order valence-electron chi connectivity index (χ1n) is 9.97. The van der Waals surface area contributed by atoms with Crippen molar-refractivity contribution < 1.29 is 28.6 Å². The molecule has 9 heteroatoms. The quantitative estimate of drug-likeness (QED) is 0.524. The summed E-state index contributed by atoms with van der Waals surface area (Å²) in [5.41, 5.74) is 1.58. The smallest absolute Gasteiger partial charge is 0.325 e. The molecule has 32 heavy (non-hydrogen) atoms. The van der Waals surface area contributed by atoms with Crippen LogP contribution in [0, 0.1) is 5.92 Å². The van der Waals surface area contributed by atoms with Gasteiger partial charge in [-0.2, -0.15) is 0 Å². The summed E-state index contributed by atoms with van der Waals surface area (Å²) in [6, 6.07) is 9.87. The molecule has 0 aliphatic heterocycles. The molecule has 0 fully saturated rings. The molecular weight excluding hydrogens is 436 g/mol. The third-order valence-electron chi connectivity index (χ3n) is 4.29. The number of halogens is 1. The van der Waals surface area contributed by atoms with Gasteiger partial charge in [-0.1, -0.05) is 37.6 Å². The van der Waals surface area contributed by atoms with Crippen molar-refractivity contribution in [2.24, 2.45) is 5.92 Å². The average Bonchev–Trinajstić information content (AvgIpc) is 2.77. The third kappa shape index (κ3) is 7.46. The van der Waals surface area contributed by atoms with Crippen molar-refractivity contribution in [1.82, 2.24) is 5.32 Å². The number of carbonyl (C=O) groups excluding carboxylic acids is 3. The van der Waals surface area contributed by atoms with Crippen LogP contribution in [0.4, 0.5) is 5.69 Å². The molecule has 0 heterocycles. The van der Waals surface area contributed by atoms with Gasteiger partial charge in [0.05, 0.1) is 32.3 Å². The highest BCUT2D eigenvalue weighted by Crippen LogP contribution is 2.37. The lowest BCUT2D eigenvalue weighted by Crippen LogP contribution is -2.31. The first-order chi connectivity index (χ1) is 15.2. The Bertz CT molecular complexity index is 960. The summed E-state index contributed by atoms with van der Waals surface area (Å²) in [7, 11) is 2.73. The highest BCUT2D eigenvalue weighted by atomic mass is 35.5. The number of ether oxygens (including phenoxy) is 3. The molecule has 0 aliphatic rings. The van der Waals surface area contributed by atoms with E-state index in [0.29, 0.717) is 35.3 Å². The van der Waals surface area contributed by atoms with Crippen molar-refractivity contribution in [2.45, 2.75) is 20.3 Å². The SMILES string of the molecule is COC(=O)CNC(=O)Cc1ccc(NC(=O)c2cc(Cl)c(OCC(C)C)c(OC)c2)cc1. The highest BCUT2D eigenvalue weighted by molar-refractivity contribution is 6.32. The summed E-state index contributed by atoms with van der Waals surface area (Å²) in [4.78, 5) is 35.6. The first kappa shape index (κ1) is 25.0. The molecule has 0 radical (unpaired) electrons. The van der Waals surface area contributed by atoms with Crippen molar-refractivity contribution in [3.8, 4) is 11.5 Å². The molecule has 0 unspecified atom stereocenters.